The van der Waals surface area contributed by atoms with Crippen LogP contribution in [0.25, 0.3) is 16.7 Å². The normalized spacial score (nSPS) is 20.9. The Morgan fingerprint density at radius 2 is 1.75 bits per heavy atom. The van der Waals surface area contributed by atoms with Crippen LogP contribution in [-0.4, -0.2) is 36.3 Å². The molecule has 2 bridgehead atoms. The molecule has 32 heavy (non-hydrogen) atoms. The Kier molecular flexibility index (Phi) is 4.80. The third-order valence-corrected chi connectivity index (χ3v) is 6.78. The van der Waals surface area contributed by atoms with Gasteiger partial charge in [-0.05, 0) is 51.8 Å². The van der Waals surface area contributed by atoms with Crippen molar-refractivity contribution in [2.24, 2.45) is 0 Å². The van der Waals surface area contributed by atoms with Gasteiger partial charge in [0, 0.05) is 0 Å². The molecular weight excluding hydrogens is 398 g/mol. The maximum atomic E-state index is 12.9. The zero-order valence-corrected chi connectivity index (χ0v) is 17.9. The van der Waals surface area contributed by atoms with Crippen LogP contribution in [0, 0.1) is 0 Å². The second-order valence-electron chi connectivity index (χ2n) is 8.81. The van der Waals surface area contributed by atoms with Crippen LogP contribution in [0.1, 0.15) is 28.7 Å². The Balaban J connectivity index is 1.22. The van der Waals surface area contributed by atoms with Crippen LogP contribution in [0.15, 0.2) is 78.9 Å². The van der Waals surface area contributed by atoms with E-state index in [1.807, 2.05) is 35.2 Å². The number of nitrogens with zero attached hydrogens (tertiary/aromatic N) is 1. The first-order valence-electron chi connectivity index (χ1n) is 11.3. The summed E-state index contributed by atoms with van der Waals surface area (Å²) in [5.74, 6) is 0. The summed E-state index contributed by atoms with van der Waals surface area (Å²) in [6, 6.07) is 25.2. The van der Waals surface area contributed by atoms with E-state index in [0.29, 0.717) is 19.8 Å². The highest BCUT2D eigenvalue weighted by molar-refractivity contribution is 5.81. The highest BCUT2D eigenvalue weighted by atomic mass is 16.6. The van der Waals surface area contributed by atoms with Crippen LogP contribution in [0.4, 0.5) is 4.79 Å². The number of carbonyl (C=O) groups excluding carboxylic acids is 1. The van der Waals surface area contributed by atoms with Gasteiger partial charge in [0.05, 0.1) is 25.3 Å². The summed E-state index contributed by atoms with van der Waals surface area (Å²) < 4.78 is 11.4. The van der Waals surface area contributed by atoms with Crippen molar-refractivity contribution in [1.82, 2.24) is 4.90 Å². The van der Waals surface area contributed by atoms with Crippen LogP contribution < -0.4 is 0 Å². The minimum atomic E-state index is -0.258. The molecule has 3 aromatic carbocycles. The zero-order valence-electron chi connectivity index (χ0n) is 17.9. The minimum Gasteiger partial charge on any atom is -0.445 e. The lowest BCUT2D eigenvalue weighted by atomic mass is 9.88. The number of hydrogen-bond acceptors (Lipinski definition) is 3. The Morgan fingerprint density at radius 3 is 2.62 bits per heavy atom. The molecule has 0 N–H and O–H groups in total. The fraction of sp³-hybridized carbons (Fsp3) is 0.250. The molecule has 160 valence electrons. The van der Waals surface area contributed by atoms with Crippen molar-refractivity contribution in [3.05, 3.63) is 101 Å². The number of hydrogen-bond donors (Lipinski definition) is 0. The first kappa shape index (κ1) is 19.3. The van der Waals surface area contributed by atoms with Crippen LogP contribution in [-0.2, 0) is 22.5 Å². The SMILES string of the molecule is O=C(OCc1ccccc1)N1C2C=C(c3ccc4c(c3)Cc3ccccc3-4)CC1COC2. The lowest BCUT2D eigenvalue weighted by Crippen LogP contribution is -2.56. The molecule has 4 heteroatoms. The maximum Gasteiger partial charge on any atom is 0.411 e. The van der Waals surface area contributed by atoms with Crippen molar-refractivity contribution < 1.29 is 14.3 Å². The van der Waals surface area contributed by atoms with Gasteiger partial charge in [-0.1, -0.05) is 78.9 Å². The summed E-state index contributed by atoms with van der Waals surface area (Å²) >= 11 is 0. The Morgan fingerprint density at radius 1 is 0.938 bits per heavy atom. The molecule has 2 aliphatic heterocycles. The lowest BCUT2D eigenvalue weighted by Gasteiger charge is -2.43. The first-order valence-corrected chi connectivity index (χ1v) is 11.3. The van der Waals surface area contributed by atoms with E-state index in [0.717, 1.165) is 18.4 Å². The van der Waals surface area contributed by atoms with Crippen LogP contribution in [0.2, 0.25) is 0 Å². The molecule has 1 amide bonds. The fourth-order valence-corrected chi connectivity index (χ4v) is 5.23. The monoisotopic (exact) mass is 423 g/mol. The highest BCUT2D eigenvalue weighted by Gasteiger charge is 2.39. The van der Waals surface area contributed by atoms with Gasteiger partial charge in [-0.25, -0.2) is 4.79 Å². The predicted octanol–water partition coefficient (Wildman–Crippen LogP) is 5.45. The molecule has 2 unspecified atom stereocenters. The summed E-state index contributed by atoms with van der Waals surface area (Å²) in [4.78, 5) is 14.8. The Hall–Kier alpha value is -3.37. The van der Waals surface area contributed by atoms with Crippen molar-refractivity contribution in [1.29, 1.82) is 0 Å². The van der Waals surface area contributed by atoms with Gasteiger partial charge >= 0.3 is 6.09 Å². The standard InChI is InChI=1S/C28H25NO3/c30-28(32-16-19-6-2-1-3-7-19)29-24-14-22(15-25(29)18-31-17-24)20-10-11-27-23(12-20)13-21-8-4-5-9-26(21)27/h1-12,14,24-25H,13,15-18H2. The minimum absolute atomic E-state index is 0.00229. The maximum absolute atomic E-state index is 12.9. The Bertz CT molecular complexity index is 1200. The summed E-state index contributed by atoms with van der Waals surface area (Å²) in [5, 5.41) is 0. The van der Waals surface area contributed by atoms with Gasteiger partial charge in [0.2, 0.25) is 0 Å². The molecule has 2 atom stereocenters. The van der Waals surface area contributed by atoms with Gasteiger partial charge in [0.25, 0.3) is 0 Å². The molecule has 3 aliphatic rings. The van der Waals surface area contributed by atoms with E-state index in [2.05, 4.69) is 48.5 Å². The fourth-order valence-electron chi connectivity index (χ4n) is 5.23. The zero-order chi connectivity index (χ0) is 21.5. The number of morpholine rings is 1. The van der Waals surface area contributed by atoms with Crippen molar-refractivity contribution in [3.8, 4) is 11.1 Å². The number of ether oxygens (including phenoxy) is 2. The first-order chi connectivity index (χ1) is 15.8. The van der Waals surface area contributed by atoms with Crippen molar-refractivity contribution in [3.63, 3.8) is 0 Å². The van der Waals surface area contributed by atoms with E-state index < -0.39 is 0 Å². The van der Waals surface area contributed by atoms with E-state index in [1.165, 1.54) is 33.4 Å². The summed E-state index contributed by atoms with van der Waals surface area (Å²) in [6.45, 7) is 1.35. The smallest absolute Gasteiger partial charge is 0.411 e. The molecular formula is C28H25NO3. The van der Waals surface area contributed by atoms with Gasteiger partial charge in [-0.15, -0.1) is 0 Å². The second kappa shape index (κ2) is 7.95. The molecule has 0 radical (unpaired) electrons. The highest BCUT2D eigenvalue weighted by Crippen LogP contribution is 2.39. The van der Waals surface area contributed by atoms with Crippen molar-refractivity contribution in [2.45, 2.75) is 31.5 Å². The van der Waals surface area contributed by atoms with Crippen LogP contribution >= 0.6 is 0 Å². The van der Waals surface area contributed by atoms with Crippen LogP contribution in [0.5, 0.6) is 0 Å². The number of fused-ring (bicyclic) bond motifs is 5. The van der Waals surface area contributed by atoms with Gasteiger partial charge < -0.3 is 9.47 Å². The van der Waals surface area contributed by atoms with E-state index >= 15 is 0 Å². The molecule has 0 spiro atoms. The summed E-state index contributed by atoms with van der Waals surface area (Å²) in [5.41, 5.74) is 9.03. The van der Waals surface area contributed by atoms with E-state index in [9.17, 15) is 4.79 Å². The quantitative estimate of drug-likeness (QED) is 0.440. The van der Waals surface area contributed by atoms with Crippen molar-refractivity contribution >= 4 is 11.7 Å². The topological polar surface area (TPSA) is 38.8 Å². The third kappa shape index (κ3) is 3.41. The molecule has 2 heterocycles. The molecule has 6 rings (SSSR count). The average molecular weight is 424 g/mol. The van der Waals surface area contributed by atoms with Gasteiger partial charge in [0.1, 0.15) is 6.61 Å². The molecule has 1 fully saturated rings. The van der Waals surface area contributed by atoms with Gasteiger partial charge in [0.15, 0.2) is 0 Å². The van der Waals surface area contributed by atoms with Crippen molar-refractivity contribution in [2.75, 3.05) is 13.2 Å². The lowest BCUT2D eigenvalue weighted by molar-refractivity contribution is -0.0342. The summed E-state index contributed by atoms with van der Waals surface area (Å²) in [7, 11) is 0. The molecule has 3 aromatic rings. The van der Waals surface area contributed by atoms with E-state index in [4.69, 9.17) is 9.47 Å². The Labute approximate surface area is 188 Å². The van der Waals surface area contributed by atoms with Gasteiger partial charge in [-0.3, -0.25) is 4.90 Å². The largest absolute Gasteiger partial charge is 0.445 e. The third-order valence-electron chi connectivity index (χ3n) is 6.78. The van der Waals surface area contributed by atoms with Crippen LogP contribution in [0.3, 0.4) is 0 Å². The molecule has 0 aromatic heterocycles. The number of benzene rings is 3. The molecule has 1 aliphatic carbocycles. The molecule has 4 nitrogen and oxygen atoms in total. The molecule has 0 saturated carbocycles. The average Bonchev–Trinajstić information content (AvgIpc) is 3.20. The van der Waals surface area contributed by atoms with Gasteiger partial charge in [-0.2, -0.15) is 0 Å². The summed E-state index contributed by atoms with van der Waals surface area (Å²) in [6.07, 6.45) is 3.71. The van der Waals surface area contributed by atoms with E-state index in [1.54, 1.807) is 0 Å². The van der Waals surface area contributed by atoms with E-state index in [-0.39, 0.29) is 18.2 Å². The predicted molar refractivity (Wildman–Crippen MR) is 124 cm³/mol. The number of amides is 1. The second-order valence-corrected chi connectivity index (χ2v) is 8.81. The molecule has 1 saturated heterocycles. The number of carbonyl (C=O) groups is 1. The number of rotatable bonds is 3.